The number of benzene rings is 1. The number of anilines is 2. The minimum Gasteiger partial charge on any atom is -0.465 e. The fourth-order valence-electron chi connectivity index (χ4n) is 1.98. The highest BCUT2D eigenvalue weighted by atomic mass is 16.5. The van der Waals surface area contributed by atoms with Crippen LogP contribution in [-0.4, -0.2) is 19.1 Å². The van der Waals surface area contributed by atoms with Gasteiger partial charge in [-0.2, -0.15) is 0 Å². The zero-order valence-electron chi connectivity index (χ0n) is 11.5. The van der Waals surface area contributed by atoms with Crippen molar-refractivity contribution in [2.45, 2.75) is 33.2 Å². The lowest BCUT2D eigenvalue weighted by Crippen LogP contribution is -2.18. The van der Waals surface area contributed by atoms with E-state index in [1.807, 2.05) is 6.07 Å². The highest BCUT2D eigenvalue weighted by Crippen LogP contribution is 2.20. The molecule has 4 nitrogen and oxygen atoms in total. The molecule has 0 amide bonds. The second-order valence-corrected chi connectivity index (χ2v) is 4.97. The molecular weight excluding hydrogens is 228 g/mol. The average Bonchev–Trinajstić information content (AvgIpc) is 2.29. The second-order valence-electron chi connectivity index (χ2n) is 4.97. The molecule has 0 bridgehead atoms. The first kappa shape index (κ1) is 14.4. The molecule has 1 atom stereocenters. The maximum Gasteiger partial charge on any atom is 0.340 e. The highest BCUT2D eigenvalue weighted by Gasteiger charge is 2.12. The molecule has 1 aromatic rings. The van der Waals surface area contributed by atoms with Gasteiger partial charge in [0.2, 0.25) is 0 Å². The topological polar surface area (TPSA) is 64.3 Å². The first-order valence-electron chi connectivity index (χ1n) is 6.18. The Morgan fingerprint density at radius 2 is 2.06 bits per heavy atom. The zero-order valence-corrected chi connectivity index (χ0v) is 11.5. The van der Waals surface area contributed by atoms with E-state index in [9.17, 15) is 4.79 Å². The second kappa shape index (κ2) is 6.28. The third-order valence-corrected chi connectivity index (χ3v) is 2.70. The van der Waals surface area contributed by atoms with E-state index in [0.717, 1.165) is 12.1 Å². The Morgan fingerprint density at radius 1 is 1.39 bits per heavy atom. The number of methoxy groups -OCH3 is 1. The van der Waals surface area contributed by atoms with Gasteiger partial charge in [-0.15, -0.1) is 0 Å². The summed E-state index contributed by atoms with van der Waals surface area (Å²) in [6.07, 6.45) is 1.07. The Balaban J connectivity index is 2.82. The van der Waals surface area contributed by atoms with Crippen molar-refractivity contribution in [1.29, 1.82) is 0 Å². The monoisotopic (exact) mass is 250 g/mol. The summed E-state index contributed by atoms with van der Waals surface area (Å²) in [6, 6.07) is 5.67. The number of carbonyl (C=O) groups is 1. The van der Waals surface area contributed by atoms with Crippen LogP contribution >= 0.6 is 0 Å². The molecule has 1 rings (SSSR count). The van der Waals surface area contributed by atoms with Gasteiger partial charge in [0.25, 0.3) is 0 Å². The van der Waals surface area contributed by atoms with Crippen molar-refractivity contribution in [3.8, 4) is 0 Å². The van der Waals surface area contributed by atoms with Crippen LogP contribution in [0.15, 0.2) is 18.2 Å². The van der Waals surface area contributed by atoms with E-state index >= 15 is 0 Å². The molecule has 100 valence electrons. The quantitative estimate of drug-likeness (QED) is 0.623. The van der Waals surface area contributed by atoms with Crippen molar-refractivity contribution in [1.82, 2.24) is 0 Å². The number of nitrogens with two attached hydrogens (primary N) is 1. The molecule has 4 heteroatoms. The largest absolute Gasteiger partial charge is 0.465 e. The molecule has 0 heterocycles. The lowest BCUT2D eigenvalue weighted by molar-refractivity contribution is 0.0602. The van der Waals surface area contributed by atoms with Crippen molar-refractivity contribution in [3.05, 3.63) is 23.8 Å². The van der Waals surface area contributed by atoms with Crippen molar-refractivity contribution in [2.75, 3.05) is 18.2 Å². The molecule has 1 unspecified atom stereocenters. The number of hydrogen-bond acceptors (Lipinski definition) is 4. The maximum absolute atomic E-state index is 11.5. The predicted molar refractivity (Wildman–Crippen MR) is 74.7 cm³/mol. The predicted octanol–water partition coefficient (Wildman–Crippen LogP) is 2.90. The highest BCUT2D eigenvalue weighted by molar-refractivity contribution is 5.96. The van der Waals surface area contributed by atoms with Crippen molar-refractivity contribution in [3.63, 3.8) is 0 Å². The fraction of sp³-hybridized carbons (Fsp3) is 0.500. The molecule has 0 radical (unpaired) electrons. The fourth-order valence-corrected chi connectivity index (χ4v) is 1.98. The van der Waals surface area contributed by atoms with Gasteiger partial charge in [-0.25, -0.2) is 4.79 Å². The SMILES string of the molecule is COC(=O)c1cc(NC(C)CC(C)C)ccc1N. The third-order valence-electron chi connectivity index (χ3n) is 2.70. The molecule has 0 aliphatic rings. The molecule has 0 fully saturated rings. The van der Waals surface area contributed by atoms with Crippen LogP contribution in [0, 0.1) is 5.92 Å². The first-order valence-corrected chi connectivity index (χ1v) is 6.18. The van der Waals surface area contributed by atoms with Gasteiger partial charge in [0.05, 0.1) is 12.7 Å². The summed E-state index contributed by atoms with van der Waals surface area (Å²) in [6.45, 7) is 6.48. The van der Waals surface area contributed by atoms with Crippen molar-refractivity contribution < 1.29 is 9.53 Å². The number of esters is 1. The van der Waals surface area contributed by atoms with E-state index in [4.69, 9.17) is 10.5 Å². The van der Waals surface area contributed by atoms with E-state index in [1.54, 1.807) is 12.1 Å². The number of nitrogens with one attached hydrogen (secondary N) is 1. The Kier molecular flexibility index (Phi) is 5.01. The Hall–Kier alpha value is -1.71. The number of hydrogen-bond donors (Lipinski definition) is 2. The first-order chi connectivity index (χ1) is 8.43. The molecule has 18 heavy (non-hydrogen) atoms. The van der Waals surface area contributed by atoms with E-state index in [1.165, 1.54) is 7.11 Å². The van der Waals surface area contributed by atoms with Crippen LogP contribution in [0.2, 0.25) is 0 Å². The van der Waals surface area contributed by atoms with E-state index in [2.05, 4.69) is 26.1 Å². The van der Waals surface area contributed by atoms with Gasteiger partial charge < -0.3 is 15.8 Å². The minimum absolute atomic E-state index is 0.346. The molecule has 0 aliphatic heterocycles. The van der Waals surface area contributed by atoms with Gasteiger partial charge in [-0.3, -0.25) is 0 Å². The summed E-state index contributed by atoms with van der Waals surface area (Å²) in [7, 11) is 1.35. The summed E-state index contributed by atoms with van der Waals surface area (Å²) in [5, 5.41) is 3.36. The van der Waals surface area contributed by atoms with Gasteiger partial charge in [0, 0.05) is 17.4 Å². The third kappa shape index (κ3) is 3.95. The van der Waals surface area contributed by atoms with Crippen LogP contribution in [0.4, 0.5) is 11.4 Å². The number of carbonyl (C=O) groups excluding carboxylic acids is 1. The van der Waals surface area contributed by atoms with Gasteiger partial charge in [0.1, 0.15) is 0 Å². The standard InChI is InChI=1S/C14H22N2O2/c1-9(2)7-10(3)16-11-5-6-13(15)12(8-11)14(17)18-4/h5-6,8-10,16H,7,15H2,1-4H3. The van der Waals surface area contributed by atoms with Crippen LogP contribution in [-0.2, 0) is 4.74 Å². The minimum atomic E-state index is -0.410. The van der Waals surface area contributed by atoms with E-state index in [-0.39, 0.29) is 0 Å². The van der Waals surface area contributed by atoms with Crippen LogP contribution < -0.4 is 11.1 Å². The molecule has 0 aliphatic carbocycles. The molecule has 0 aromatic heterocycles. The summed E-state index contributed by atoms with van der Waals surface area (Å²) >= 11 is 0. The van der Waals surface area contributed by atoms with Gasteiger partial charge in [-0.05, 0) is 37.5 Å². The molecule has 1 aromatic carbocycles. The maximum atomic E-state index is 11.5. The normalized spacial score (nSPS) is 12.3. The average molecular weight is 250 g/mol. The van der Waals surface area contributed by atoms with Crippen molar-refractivity contribution >= 4 is 17.3 Å². The smallest absolute Gasteiger partial charge is 0.340 e. The summed E-state index contributed by atoms with van der Waals surface area (Å²) in [4.78, 5) is 11.5. The molecule has 0 saturated carbocycles. The number of ether oxygens (including phenoxy) is 1. The molecule has 0 spiro atoms. The van der Waals surface area contributed by atoms with Gasteiger partial charge >= 0.3 is 5.97 Å². The molecular formula is C14H22N2O2. The van der Waals surface area contributed by atoms with Crippen LogP contribution in [0.25, 0.3) is 0 Å². The van der Waals surface area contributed by atoms with E-state index < -0.39 is 5.97 Å². The van der Waals surface area contributed by atoms with Gasteiger partial charge in [-0.1, -0.05) is 13.8 Å². The lowest BCUT2D eigenvalue weighted by Gasteiger charge is -2.18. The lowest BCUT2D eigenvalue weighted by atomic mass is 10.0. The molecule has 3 N–H and O–H groups in total. The summed E-state index contributed by atoms with van der Waals surface area (Å²) < 4.78 is 4.69. The van der Waals surface area contributed by atoms with Crippen LogP contribution in [0.3, 0.4) is 0 Å². The van der Waals surface area contributed by atoms with E-state index in [0.29, 0.717) is 23.2 Å². The Labute approximate surface area is 109 Å². The van der Waals surface area contributed by atoms with Gasteiger partial charge in [0.15, 0.2) is 0 Å². The zero-order chi connectivity index (χ0) is 13.7. The Morgan fingerprint density at radius 3 is 2.61 bits per heavy atom. The van der Waals surface area contributed by atoms with Crippen LogP contribution in [0.5, 0.6) is 0 Å². The molecule has 0 saturated heterocycles. The van der Waals surface area contributed by atoms with Crippen LogP contribution in [0.1, 0.15) is 37.6 Å². The van der Waals surface area contributed by atoms with Crippen molar-refractivity contribution in [2.24, 2.45) is 5.92 Å². The number of nitrogen functional groups attached to an aromatic ring is 1. The number of rotatable bonds is 5. The summed E-state index contributed by atoms with van der Waals surface area (Å²) in [5.41, 5.74) is 7.47. The summed E-state index contributed by atoms with van der Waals surface area (Å²) in [5.74, 6) is 0.217. The Bertz CT molecular complexity index is 416.